The molecule has 1 aromatic carbocycles. The lowest BCUT2D eigenvalue weighted by Gasteiger charge is -2.38. The minimum atomic E-state index is -0.552. The topological polar surface area (TPSA) is 95.7 Å². The smallest absolute Gasteiger partial charge is 0.255 e. The molecule has 1 aromatic rings. The quantitative estimate of drug-likeness (QED) is 0.739. The zero-order chi connectivity index (χ0) is 19.4. The van der Waals surface area contributed by atoms with Crippen LogP contribution in [0.5, 0.6) is 0 Å². The molecule has 3 aliphatic heterocycles. The summed E-state index contributed by atoms with van der Waals surface area (Å²) >= 11 is 0. The summed E-state index contributed by atoms with van der Waals surface area (Å²) in [4.78, 5) is 40.6. The van der Waals surface area contributed by atoms with Crippen molar-refractivity contribution in [2.75, 3.05) is 19.6 Å². The molecular formula is C21H26N4O3. The maximum absolute atomic E-state index is 12.9. The molecule has 0 radical (unpaired) electrons. The van der Waals surface area contributed by atoms with Crippen molar-refractivity contribution in [3.63, 3.8) is 0 Å². The predicted molar refractivity (Wildman–Crippen MR) is 102 cm³/mol. The van der Waals surface area contributed by atoms with Crippen LogP contribution in [0, 0.1) is 17.8 Å². The van der Waals surface area contributed by atoms with Crippen molar-refractivity contribution in [1.82, 2.24) is 15.1 Å². The van der Waals surface area contributed by atoms with Crippen molar-refractivity contribution in [2.24, 2.45) is 23.5 Å². The van der Waals surface area contributed by atoms with Crippen molar-refractivity contribution in [1.29, 1.82) is 0 Å². The fraction of sp³-hybridized carbons (Fsp3) is 0.571. The van der Waals surface area contributed by atoms with Gasteiger partial charge in [-0.2, -0.15) is 0 Å². The third-order valence-corrected chi connectivity index (χ3v) is 7.08. The molecule has 1 unspecified atom stereocenters. The van der Waals surface area contributed by atoms with E-state index in [9.17, 15) is 14.4 Å². The Balaban J connectivity index is 1.28. The monoisotopic (exact) mass is 382 g/mol. The number of hydrogen-bond acceptors (Lipinski definition) is 5. The van der Waals surface area contributed by atoms with E-state index < -0.39 is 6.04 Å². The summed E-state index contributed by atoms with van der Waals surface area (Å²) in [7, 11) is 0. The van der Waals surface area contributed by atoms with Gasteiger partial charge in [-0.3, -0.25) is 24.6 Å². The molecule has 1 saturated carbocycles. The van der Waals surface area contributed by atoms with E-state index in [1.165, 1.54) is 6.42 Å². The molecule has 0 bridgehead atoms. The van der Waals surface area contributed by atoms with Crippen molar-refractivity contribution in [3.05, 3.63) is 34.9 Å². The average Bonchev–Trinajstić information content (AvgIpc) is 3.14. The molecule has 7 nitrogen and oxygen atoms in total. The van der Waals surface area contributed by atoms with Crippen LogP contribution in [0.1, 0.15) is 40.7 Å². The maximum atomic E-state index is 12.9. The highest BCUT2D eigenvalue weighted by Gasteiger charge is 2.46. The zero-order valence-corrected chi connectivity index (χ0v) is 15.9. The molecule has 7 heteroatoms. The first-order valence-electron chi connectivity index (χ1n) is 10.2. The fourth-order valence-corrected chi connectivity index (χ4v) is 5.50. The number of carbonyl (C=O) groups excluding carboxylic acids is 3. The Labute approximate surface area is 164 Å². The van der Waals surface area contributed by atoms with E-state index in [4.69, 9.17) is 5.73 Å². The third kappa shape index (κ3) is 2.84. The number of fused-ring (bicyclic) bond motifs is 2. The van der Waals surface area contributed by atoms with Gasteiger partial charge in [0.05, 0.1) is 0 Å². The molecule has 2 saturated heterocycles. The normalized spacial score (nSPS) is 32.2. The number of hydrogen-bond donors (Lipinski definition) is 2. The number of nitrogens with zero attached hydrogens (tertiary/aromatic N) is 2. The molecule has 4 aliphatic rings. The summed E-state index contributed by atoms with van der Waals surface area (Å²) < 4.78 is 0. The second-order valence-electron chi connectivity index (χ2n) is 8.74. The largest absolute Gasteiger partial charge is 0.330 e. The van der Waals surface area contributed by atoms with Gasteiger partial charge in [-0.15, -0.1) is 0 Å². The van der Waals surface area contributed by atoms with Gasteiger partial charge in [0.2, 0.25) is 11.8 Å². The van der Waals surface area contributed by atoms with E-state index in [0.29, 0.717) is 24.4 Å². The van der Waals surface area contributed by atoms with E-state index in [1.807, 2.05) is 12.1 Å². The highest BCUT2D eigenvalue weighted by molar-refractivity contribution is 6.05. The Morgan fingerprint density at radius 1 is 1.18 bits per heavy atom. The first-order valence-corrected chi connectivity index (χ1v) is 10.2. The van der Waals surface area contributed by atoms with E-state index in [2.05, 4.69) is 16.3 Å². The predicted octanol–water partition coefficient (Wildman–Crippen LogP) is 0.474. The van der Waals surface area contributed by atoms with E-state index >= 15 is 0 Å². The number of rotatable bonds is 4. The van der Waals surface area contributed by atoms with Gasteiger partial charge in [0.25, 0.3) is 5.91 Å². The Hall–Kier alpha value is -2.25. The first-order chi connectivity index (χ1) is 13.5. The summed E-state index contributed by atoms with van der Waals surface area (Å²) in [5, 5.41) is 2.35. The van der Waals surface area contributed by atoms with E-state index in [0.717, 1.165) is 49.1 Å². The van der Waals surface area contributed by atoms with Gasteiger partial charge in [-0.05, 0) is 54.3 Å². The summed E-state index contributed by atoms with van der Waals surface area (Å²) in [5.41, 5.74) is 8.65. The molecule has 0 spiro atoms. The van der Waals surface area contributed by atoms with Crippen LogP contribution in [0.15, 0.2) is 18.2 Å². The number of benzene rings is 1. The molecule has 1 aliphatic carbocycles. The van der Waals surface area contributed by atoms with E-state index in [-0.39, 0.29) is 24.1 Å². The lowest BCUT2D eigenvalue weighted by molar-refractivity contribution is -0.136. The molecule has 3 heterocycles. The highest BCUT2D eigenvalue weighted by atomic mass is 16.2. The van der Waals surface area contributed by atoms with Gasteiger partial charge in [0.15, 0.2) is 0 Å². The van der Waals surface area contributed by atoms with Crippen molar-refractivity contribution in [2.45, 2.75) is 38.4 Å². The van der Waals surface area contributed by atoms with Gasteiger partial charge in [-0.25, -0.2) is 0 Å². The van der Waals surface area contributed by atoms with Crippen LogP contribution in [0.4, 0.5) is 0 Å². The molecule has 3 amide bonds. The Morgan fingerprint density at radius 3 is 2.82 bits per heavy atom. The number of nitrogens with two attached hydrogens (primary N) is 1. The molecule has 5 rings (SSSR count). The standard InChI is InChI=1S/C21H26N4O3/c22-7-14-6-15-9-24(11-17(14)15)8-12-1-2-13-10-25(21(28)16(13)5-12)18-3-4-19(26)23-20(18)27/h1-2,5,14-15,17-18H,3-4,6-11,22H2,(H,23,26,27)/t14-,15-,17-,18?/m0/s1. The van der Waals surface area contributed by atoms with E-state index in [1.54, 1.807) is 4.90 Å². The number of piperidine rings is 1. The minimum Gasteiger partial charge on any atom is -0.330 e. The van der Waals surface area contributed by atoms with Crippen LogP contribution < -0.4 is 11.1 Å². The first kappa shape index (κ1) is 17.8. The van der Waals surface area contributed by atoms with Crippen molar-refractivity contribution >= 4 is 17.7 Å². The maximum Gasteiger partial charge on any atom is 0.255 e. The second kappa shape index (κ2) is 6.67. The van der Waals surface area contributed by atoms with Crippen LogP contribution in [0.2, 0.25) is 0 Å². The Bertz CT molecular complexity index is 854. The molecule has 148 valence electrons. The summed E-state index contributed by atoms with van der Waals surface area (Å²) in [6.07, 6.45) is 1.93. The van der Waals surface area contributed by atoms with Gasteiger partial charge in [0, 0.05) is 38.2 Å². The molecule has 0 aromatic heterocycles. The second-order valence-corrected chi connectivity index (χ2v) is 8.74. The average molecular weight is 382 g/mol. The summed E-state index contributed by atoms with van der Waals surface area (Å²) in [6, 6.07) is 5.55. The lowest BCUT2D eigenvalue weighted by Crippen LogP contribution is -2.52. The zero-order valence-electron chi connectivity index (χ0n) is 15.9. The molecular weight excluding hydrogens is 356 g/mol. The fourth-order valence-electron chi connectivity index (χ4n) is 5.50. The van der Waals surface area contributed by atoms with Crippen LogP contribution >= 0.6 is 0 Å². The number of carbonyl (C=O) groups is 3. The number of amides is 3. The van der Waals surface area contributed by atoms with Gasteiger partial charge < -0.3 is 10.6 Å². The Morgan fingerprint density at radius 2 is 2.04 bits per heavy atom. The van der Waals surface area contributed by atoms with Crippen LogP contribution in [0.25, 0.3) is 0 Å². The van der Waals surface area contributed by atoms with Crippen molar-refractivity contribution in [3.8, 4) is 0 Å². The Kier molecular flexibility index (Phi) is 4.25. The number of likely N-dealkylation sites (tertiary alicyclic amines) is 1. The molecule has 3 fully saturated rings. The highest BCUT2D eigenvalue weighted by Crippen LogP contribution is 2.45. The summed E-state index contributed by atoms with van der Waals surface area (Å²) in [6.45, 7) is 4.29. The van der Waals surface area contributed by atoms with Gasteiger partial charge in [-0.1, -0.05) is 12.1 Å². The van der Waals surface area contributed by atoms with Crippen LogP contribution in [0.3, 0.4) is 0 Å². The minimum absolute atomic E-state index is 0.101. The van der Waals surface area contributed by atoms with Crippen LogP contribution in [-0.2, 0) is 22.7 Å². The lowest BCUT2D eigenvalue weighted by atomic mass is 9.67. The SMILES string of the molecule is NC[C@@H]1C[C@H]2CN(Cc3ccc4c(c3)C(=O)N(C3CCC(=O)NC3=O)C4)C[C@@H]12. The number of imide groups is 1. The molecule has 28 heavy (non-hydrogen) atoms. The third-order valence-electron chi connectivity index (χ3n) is 7.08. The molecule has 4 atom stereocenters. The van der Waals surface area contributed by atoms with Crippen molar-refractivity contribution < 1.29 is 14.4 Å². The summed E-state index contributed by atoms with van der Waals surface area (Å²) in [5.74, 6) is 1.48. The van der Waals surface area contributed by atoms with Gasteiger partial charge >= 0.3 is 0 Å². The molecule has 3 N–H and O–H groups in total. The van der Waals surface area contributed by atoms with Gasteiger partial charge in [0.1, 0.15) is 6.04 Å². The number of nitrogens with one attached hydrogen (secondary N) is 1. The van der Waals surface area contributed by atoms with Crippen LogP contribution in [-0.4, -0.2) is 53.2 Å².